The molecule has 0 saturated heterocycles. The summed E-state index contributed by atoms with van der Waals surface area (Å²) < 4.78 is 0. The Balaban J connectivity index is 1.65. The molecule has 0 aliphatic heterocycles. The Bertz CT molecular complexity index is 833. The number of phenolic OH excluding ortho intramolecular Hbond substituents is 1. The van der Waals surface area contributed by atoms with Crippen LogP contribution in [0.2, 0.25) is 0 Å². The van der Waals surface area contributed by atoms with E-state index < -0.39 is 0 Å². The molecule has 0 fully saturated rings. The van der Waals surface area contributed by atoms with E-state index in [2.05, 4.69) is 27.8 Å². The van der Waals surface area contributed by atoms with Gasteiger partial charge in [0.15, 0.2) is 0 Å². The zero-order valence-electron chi connectivity index (χ0n) is 13.6. The summed E-state index contributed by atoms with van der Waals surface area (Å²) >= 11 is 0. The van der Waals surface area contributed by atoms with E-state index in [0.29, 0.717) is 23.6 Å². The van der Waals surface area contributed by atoms with Crippen LogP contribution in [0.1, 0.15) is 15.9 Å². The molecule has 3 aromatic rings. The number of nitrogens with zero attached hydrogens (tertiary/aromatic N) is 1. The van der Waals surface area contributed by atoms with Gasteiger partial charge in [0, 0.05) is 18.4 Å². The zero-order chi connectivity index (χ0) is 17.5. The van der Waals surface area contributed by atoms with Crippen molar-refractivity contribution in [3.05, 3.63) is 84.1 Å². The average molecular weight is 333 g/mol. The summed E-state index contributed by atoms with van der Waals surface area (Å²) in [5.41, 5.74) is 2.31. The van der Waals surface area contributed by atoms with Crippen LogP contribution in [0.25, 0.3) is 0 Å². The molecular weight excluding hydrogens is 314 g/mol. The van der Waals surface area contributed by atoms with Crippen molar-refractivity contribution in [2.45, 2.75) is 6.42 Å². The normalized spacial score (nSPS) is 10.2. The number of pyridine rings is 1. The summed E-state index contributed by atoms with van der Waals surface area (Å²) in [4.78, 5) is 16.8. The number of aromatic hydroxyl groups is 1. The number of benzene rings is 2. The van der Waals surface area contributed by atoms with Crippen LogP contribution >= 0.6 is 0 Å². The van der Waals surface area contributed by atoms with Gasteiger partial charge >= 0.3 is 0 Å². The van der Waals surface area contributed by atoms with Crippen molar-refractivity contribution in [2.24, 2.45) is 0 Å². The van der Waals surface area contributed by atoms with Gasteiger partial charge in [-0.2, -0.15) is 0 Å². The molecule has 0 spiro atoms. The van der Waals surface area contributed by atoms with E-state index in [4.69, 9.17) is 0 Å². The number of phenols is 1. The minimum atomic E-state index is -0.249. The van der Waals surface area contributed by atoms with Gasteiger partial charge in [-0.3, -0.25) is 4.79 Å². The van der Waals surface area contributed by atoms with E-state index in [1.165, 1.54) is 17.7 Å². The molecular formula is C20H19N3O2. The number of carbonyl (C=O) groups is 1. The second kappa shape index (κ2) is 7.97. The first-order valence-electron chi connectivity index (χ1n) is 8.05. The summed E-state index contributed by atoms with van der Waals surface area (Å²) in [7, 11) is 0. The molecule has 3 N–H and O–H groups in total. The molecule has 3 rings (SSSR count). The van der Waals surface area contributed by atoms with Crippen molar-refractivity contribution in [3.63, 3.8) is 0 Å². The number of aromatic nitrogens is 1. The van der Waals surface area contributed by atoms with Gasteiger partial charge in [0.2, 0.25) is 0 Å². The van der Waals surface area contributed by atoms with Crippen LogP contribution in [-0.2, 0) is 6.42 Å². The molecule has 0 saturated carbocycles. The Hall–Kier alpha value is -3.34. The van der Waals surface area contributed by atoms with Crippen molar-refractivity contribution < 1.29 is 9.90 Å². The first-order valence-corrected chi connectivity index (χ1v) is 8.05. The minimum Gasteiger partial charge on any atom is -0.508 e. The third-order valence-electron chi connectivity index (χ3n) is 3.73. The minimum absolute atomic E-state index is 0.155. The Morgan fingerprint density at radius 2 is 1.72 bits per heavy atom. The van der Waals surface area contributed by atoms with Crippen LogP contribution < -0.4 is 10.6 Å². The molecule has 0 unspecified atom stereocenters. The molecule has 25 heavy (non-hydrogen) atoms. The number of nitrogens with one attached hydrogen (secondary N) is 2. The highest BCUT2D eigenvalue weighted by Crippen LogP contribution is 2.17. The highest BCUT2D eigenvalue weighted by atomic mass is 16.3. The van der Waals surface area contributed by atoms with Crippen LogP contribution in [0.3, 0.4) is 0 Å². The molecule has 0 bridgehead atoms. The Morgan fingerprint density at radius 1 is 0.960 bits per heavy atom. The third-order valence-corrected chi connectivity index (χ3v) is 3.73. The van der Waals surface area contributed by atoms with Crippen molar-refractivity contribution in [1.82, 2.24) is 4.98 Å². The zero-order valence-corrected chi connectivity index (χ0v) is 13.6. The summed E-state index contributed by atoms with van der Waals surface area (Å²) in [6.07, 6.45) is 2.50. The molecule has 0 atom stereocenters. The van der Waals surface area contributed by atoms with Gasteiger partial charge in [-0.25, -0.2) is 4.98 Å². The SMILES string of the molecule is O=C(Nc1ccc(O)cc1)c1cccnc1NCCc1ccccc1. The summed E-state index contributed by atoms with van der Waals surface area (Å²) in [6.45, 7) is 0.681. The van der Waals surface area contributed by atoms with Gasteiger partial charge in [-0.15, -0.1) is 0 Å². The largest absolute Gasteiger partial charge is 0.508 e. The van der Waals surface area contributed by atoms with Crippen LogP contribution in [-0.4, -0.2) is 22.5 Å². The molecule has 0 radical (unpaired) electrons. The lowest BCUT2D eigenvalue weighted by atomic mass is 10.1. The first kappa shape index (κ1) is 16.5. The Morgan fingerprint density at radius 3 is 2.48 bits per heavy atom. The van der Waals surface area contributed by atoms with Crippen LogP contribution in [0.15, 0.2) is 72.9 Å². The first-order chi connectivity index (χ1) is 12.2. The van der Waals surface area contributed by atoms with Crippen LogP contribution in [0.5, 0.6) is 5.75 Å². The predicted molar refractivity (Wildman–Crippen MR) is 98.9 cm³/mol. The molecule has 5 heteroatoms. The molecule has 0 aliphatic carbocycles. The fourth-order valence-electron chi connectivity index (χ4n) is 2.44. The number of anilines is 2. The van der Waals surface area contributed by atoms with Gasteiger partial charge in [0.25, 0.3) is 5.91 Å². The lowest BCUT2D eigenvalue weighted by Gasteiger charge is -2.11. The summed E-state index contributed by atoms with van der Waals surface area (Å²) in [5, 5.41) is 15.3. The van der Waals surface area contributed by atoms with Gasteiger partial charge in [0.05, 0.1) is 5.56 Å². The quantitative estimate of drug-likeness (QED) is 0.601. The van der Waals surface area contributed by atoms with Gasteiger partial charge in [-0.1, -0.05) is 30.3 Å². The van der Waals surface area contributed by atoms with E-state index in [1.54, 1.807) is 30.5 Å². The van der Waals surface area contributed by atoms with Crippen molar-refractivity contribution in [3.8, 4) is 5.75 Å². The van der Waals surface area contributed by atoms with Crippen LogP contribution in [0, 0.1) is 0 Å². The standard InChI is InChI=1S/C20H19N3O2/c24-17-10-8-16(9-11-17)23-20(25)18-7-4-13-21-19(18)22-14-12-15-5-2-1-3-6-15/h1-11,13,24H,12,14H2,(H,21,22)(H,23,25). The predicted octanol–water partition coefficient (Wildman–Crippen LogP) is 3.69. The number of amides is 1. The van der Waals surface area contributed by atoms with E-state index in [9.17, 15) is 9.90 Å². The smallest absolute Gasteiger partial charge is 0.259 e. The van der Waals surface area contributed by atoms with Gasteiger partial charge in [0.1, 0.15) is 11.6 Å². The number of hydrogen-bond donors (Lipinski definition) is 3. The lowest BCUT2D eigenvalue weighted by Crippen LogP contribution is -2.16. The average Bonchev–Trinajstić information content (AvgIpc) is 2.65. The fourth-order valence-corrected chi connectivity index (χ4v) is 2.44. The highest BCUT2D eigenvalue weighted by molar-refractivity contribution is 6.07. The molecule has 5 nitrogen and oxygen atoms in total. The maximum absolute atomic E-state index is 12.5. The lowest BCUT2D eigenvalue weighted by molar-refractivity contribution is 0.102. The number of carbonyl (C=O) groups excluding carboxylic acids is 1. The number of hydrogen-bond acceptors (Lipinski definition) is 4. The van der Waals surface area contributed by atoms with Crippen molar-refractivity contribution in [1.29, 1.82) is 0 Å². The van der Waals surface area contributed by atoms with Crippen molar-refractivity contribution >= 4 is 17.4 Å². The highest BCUT2D eigenvalue weighted by Gasteiger charge is 2.12. The van der Waals surface area contributed by atoms with Gasteiger partial charge < -0.3 is 15.7 Å². The van der Waals surface area contributed by atoms with Crippen molar-refractivity contribution in [2.75, 3.05) is 17.2 Å². The molecule has 126 valence electrons. The fraction of sp³-hybridized carbons (Fsp3) is 0.100. The number of rotatable bonds is 6. The molecule has 2 aromatic carbocycles. The maximum atomic E-state index is 12.5. The summed E-state index contributed by atoms with van der Waals surface area (Å²) in [5.74, 6) is 0.457. The molecule has 1 aromatic heterocycles. The van der Waals surface area contributed by atoms with E-state index >= 15 is 0 Å². The molecule has 1 amide bonds. The van der Waals surface area contributed by atoms with E-state index in [0.717, 1.165) is 6.42 Å². The summed E-state index contributed by atoms with van der Waals surface area (Å²) in [6, 6.07) is 19.9. The second-order valence-electron chi connectivity index (χ2n) is 5.56. The Labute approximate surface area is 146 Å². The van der Waals surface area contributed by atoms with Crippen LogP contribution in [0.4, 0.5) is 11.5 Å². The van der Waals surface area contributed by atoms with E-state index in [1.807, 2.05) is 18.2 Å². The third kappa shape index (κ3) is 4.57. The second-order valence-corrected chi connectivity index (χ2v) is 5.56. The maximum Gasteiger partial charge on any atom is 0.259 e. The topological polar surface area (TPSA) is 74.2 Å². The monoisotopic (exact) mass is 333 g/mol. The molecule has 1 heterocycles. The molecule has 0 aliphatic rings. The van der Waals surface area contributed by atoms with E-state index in [-0.39, 0.29) is 11.7 Å². The Kier molecular flexibility index (Phi) is 5.26. The van der Waals surface area contributed by atoms with Gasteiger partial charge in [-0.05, 0) is 48.4 Å².